The van der Waals surface area contributed by atoms with Crippen LogP contribution in [0.4, 0.5) is 0 Å². The Bertz CT molecular complexity index is 568. The second kappa shape index (κ2) is 10.6. The smallest absolute Gasteiger partial charge is 0.119 e. The first-order valence-corrected chi connectivity index (χ1v) is 11.5. The molecule has 1 aliphatic rings. The summed E-state index contributed by atoms with van der Waals surface area (Å²) in [7, 11) is 0. The van der Waals surface area contributed by atoms with Gasteiger partial charge in [0.05, 0.1) is 18.2 Å². The SMILES string of the molecule is CC[C@@]1(C)C[C@](CC[NH2+]Cc2ccc(OC(C)C)cc2)(CCC(C)C)CCO1. The summed E-state index contributed by atoms with van der Waals surface area (Å²) in [6.45, 7) is 16.6. The zero-order chi connectivity index (χ0) is 20.6. The van der Waals surface area contributed by atoms with Gasteiger partial charge in [-0.05, 0) is 82.1 Å². The number of quaternary nitrogens is 1. The Balaban J connectivity index is 1.87. The summed E-state index contributed by atoms with van der Waals surface area (Å²) >= 11 is 0. The Morgan fingerprint density at radius 3 is 2.43 bits per heavy atom. The quantitative estimate of drug-likeness (QED) is 0.518. The fourth-order valence-corrected chi connectivity index (χ4v) is 4.47. The summed E-state index contributed by atoms with van der Waals surface area (Å²) in [6, 6.07) is 8.59. The molecular formula is C25H44NO2+. The van der Waals surface area contributed by atoms with Gasteiger partial charge in [0.25, 0.3) is 0 Å². The highest BCUT2D eigenvalue weighted by atomic mass is 16.5. The molecule has 1 aromatic rings. The lowest BCUT2D eigenvalue weighted by Crippen LogP contribution is -2.83. The van der Waals surface area contributed by atoms with Crippen molar-refractivity contribution in [2.45, 2.75) is 98.3 Å². The Morgan fingerprint density at radius 1 is 1.11 bits per heavy atom. The Labute approximate surface area is 173 Å². The summed E-state index contributed by atoms with van der Waals surface area (Å²) in [5, 5.41) is 2.48. The van der Waals surface area contributed by atoms with Crippen molar-refractivity contribution in [3.63, 3.8) is 0 Å². The zero-order valence-corrected chi connectivity index (χ0v) is 19.2. The highest BCUT2D eigenvalue weighted by Crippen LogP contribution is 2.46. The highest BCUT2D eigenvalue weighted by molar-refractivity contribution is 5.26. The van der Waals surface area contributed by atoms with Crippen molar-refractivity contribution >= 4 is 0 Å². The Morgan fingerprint density at radius 2 is 1.82 bits per heavy atom. The maximum atomic E-state index is 6.17. The van der Waals surface area contributed by atoms with Gasteiger partial charge in [0.2, 0.25) is 0 Å². The molecule has 0 spiro atoms. The van der Waals surface area contributed by atoms with E-state index in [2.05, 4.69) is 71.1 Å². The first-order valence-electron chi connectivity index (χ1n) is 11.5. The standard InChI is InChI=1S/C25H43NO2/c1-7-24(6)19-25(15-17-27-24,13-12-20(2)3)14-16-26-18-22-8-10-23(11-9-22)28-21(4)5/h8-11,20-21,26H,7,12-19H2,1-6H3/p+1/t24-,25-/m0/s1. The van der Waals surface area contributed by atoms with E-state index >= 15 is 0 Å². The van der Waals surface area contributed by atoms with Crippen LogP contribution in [-0.4, -0.2) is 24.9 Å². The lowest BCUT2D eigenvalue weighted by atomic mass is 9.67. The molecule has 0 bridgehead atoms. The van der Waals surface area contributed by atoms with E-state index in [0.29, 0.717) is 5.41 Å². The molecule has 0 radical (unpaired) electrons. The molecule has 28 heavy (non-hydrogen) atoms. The summed E-state index contributed by atoms with van der Waals surface area (Å²) < 4.78 is 11.9. The van der Waals surface area contributed by atoms with Gasteiger partial charge in [-0.25, -0.2) is 0 Å². The average Bonchev–Trinajstić information content (AvgIpc) is 2.65. The van der Waals surface area contributed by atoms with Gasteiger partial charge in [0.15, 0.2) is 0 Å². The van der Waals surface area contributed by atoms with Crippen LogP contribution in [0.25, 0.3) is 0 Å². The Kier molecular flexibility index (Phi) is 8.82. The molecule has 1 saturated heterocycles. The molecule has 2 atom stereocenters. The van der Waals surface area contributed by atoms with Crippen LogP contribution in [0.1, 0.15) is 85.6 Å². The summed E-state index contributed by atoms with van der Waals surface area (Å²) in [5.74, 6) is 1.75. The van der Waals surface area contributed by atoms with Gasteiger partial charge >= 0.3 is 0 Å². The predicted octanol–water partition coefficient (Wildman–Crippen LogP) is 5.33. The third-order valence-corrected chi connectivity index (χ3v) is 6.39. The number of ether oxygens (including phenoxy) is 2. The molecule has 160 valence electrons. The van der Waals surface area contributed by atoms with Crippen molar-refractivity contribution in [1.82, 2.24) is 0 Å². The molecule has 3 heteroatoms. The van der Waals surface area contributed by atoms with Gasteiger partial charge in [-0.2, -0.15) is 0 Å². The largest absolute Gasteiger partial charge is 0.491 e. The van der Waals surface area contributed by atoms with Gasteiger partial charge in [-0.1, -0.05) is 27.2 Å². The van der Waals surface area contributed by atoms with E-state index in [4.69, 9.17) is 9.47 Å². The topological polar surface area (TPSA) is 35.1 Å². The summed E-state index contributed by atoms with van der Waals surface area (Å²) in [5.41, 5.74) is 1.90. The molecule has 0 aliphatic carbocycles. The molecular weight excluding hydrogens is 346 g/mol. The van der Waals surface area contributed by atoms with E-state index in [9.17, 15) is 0 Å². The van der Waals surface area contributed by atoms with Crippen molar-refractivity contribution in [2.75, 3.05) is 13.2 Å². The normalized spacial score (nSPS) is 25.4. The monoisotopic (exact) mass is 390 g/mol. The number of hydrogen-bond donors (Lipinski definition) is 1. The molecule has 0 amide bonds. The summed E-state index contributed by atoms with van der Waals surface area (Å²) in [4.78, 5) is 0. The molecule has 1 heterocycles. The van der Waals surface area contributed by atoms with Crippen molar-refractivity contribution in [3.05, 3.63) is 29.8 Å². The van der Waals surface area contributed by atoms with Gasteiger partial charge < -0.3 is 14.8 Å². The maximum Gasteiger partial charge on any atom is 0.119 e. The van der Waals surface area contributed by atoms with Gasteiger partial charge in [-0.3, -0.25) is 0 Å². The van der Waals surface area contributed by atoms with Crippen molar-refractivity contribution in [3.8, 4) is 5.75 Å². The fourth-order valence-electron chi connectivity index (χ4n) is 4.47. The Hall–Kier alpha value is -1.06. The second-order valence-corrected chi connectivity index (χ2v) is 9.85. The molecule has 2 N–H and O–H groups in total. The van der Waals surface area contributed by atoms with Crippen LogP contribution in [0.15, 0.2) is 24.3 Å². The van der Waals surface area contributed by atoms with Crippen LogP contribution in [0.5, 0.6) is 5.75 Å². The lowest BCUT2D eigenvalue weighted by Gasteiger charge is -2.46. The minimum atomic E-state index is 0.0709. The molecule has 0 unspecified atom stereocenters. The van der Waals surface area contributed by atoms with Crippen LogP contribution < -0.4 is 10.1 Å². The van der Waals surface area contributed by atoms with Gasteiger partial charge in [-0.15, -0.1) is 0 Å². The zero-order valence-electron chi connectivity index (χ0n) is 19.2. The molecule has 0 saturated carbocycles. The highest BCUT2D eigenvalue weighted by Gasteiger charge is 2.42. The molecule has 0 aromatic heterocycles. The van der Waals surface area contributed by atoms with Gasteiger partial charge in [0, 0.05) is 18.6 Å². The van der Waals surface area contributed by atoms with Crippen LogP contribution in [0.2, 0.25) is 0 Å². The van der Waals surface area contributed by atoms with E-state index in [1.807, 2.05) is 0 Å². The molecule has 2 rings (SSSR count). The van der Waals surface area contributed by atoms with E-state index in [-0.39, 0.29) is 11.7 Å². The average molecular weight is 391 g/mol. The van der Waals surface area contributed by atoms with Crippen molar-refractivity contribution < 1.29 is 14.8 Å². The second-order valence-electron chi connectivity index (χ2n) is 9.85. The van der Waals surface area contributed by atoms with Crippen LogP contribution >= 0.6 is 0 Å². The predicted molar refractivity (Wildman–Crippen MR) is 118 cm³/mol. The number of rotatable bonds is 11. The third-order valence-electron chi connectivity index (χ3n) is 6.39. The maximum absolute atomic E-state index is 6.17. The fraction of sp³-hybridized carbons (Fsp3) is 0.760. The minimum Gasteiger partial charge on any atom is -0.491 e. The number of hydrogen-bond acceptors (Lipinski definition) is 2. The van der Waals surface area contributed by atoms with E-state index < -0.39 is 0 Å². The number of nitrogens with two attached hydrogens (primary N) is 1. The van der Waals surface area contributed by atoms with Gasteiger partial charge in [0.1, 0.15) is 12.3 Å². The van der Waals surface area contributed by atoms with Crippen molar-refractivity contribution in [1.29, 1.82) is 0 Å². The first-order chi connectivity index (χ1) is 13.3. The third kappa shape index (κ3) is 7.40. The summed E-state index contributed by atoms with van der Waals surface area (Å²) in [6.07, 6.45) is 7.77. The molecule has 3 nitrogen and oxygen atoms in total. The minimum absolute atomic E-state index is 0.0709. The van der Waals surface area contributed by atoms with E-state index in [1.165, 1.54) is 44.2 Å². The molecule has 1 aliphatic heterocycles. The van der Waals surface area contributed by atoms with Crippen LogP contribution in [0, 0.1) is 11.3 Å². The van der Waals surface area contributed by atoms with Crippen LogP contribution in [0.3, 0.4) is 0 Å². The lowest BCUT2D eigenvalue weighted by molar-refractivity contribution is -0.672. The van der Waals surface area contributed by atoms with Crippen LogP contribution in [-0.2, 0) is 11.3 Å². The molecule has 1 fully saturated rings. The van der Waals surface area contributed by atoms with E-state index in [0.717, 1.165) is 31.2 Å². The number of benzene rings is 1. The molecule has 1 aromatic carbocycles. The first kappa shape index (κ1) is 23.2. The van der Waals surface area contributed by atoms with E-state index in [1.54, 1.807) is 0 Å². The van der Waals surface area contributed by atoms with Crippen molar-refractivity contribution in [2.24, 2.45) is 11.3 Å².